The molecule has 0 aliphatic heterocycles. The zero-order valence-electron chi connectivity index (χ0n) is 8.75. The molecule has 1 aromatic heterocycles. The van der Waals surface area contributed by atoms with Gasteiger partial charge in [-0.1, -0.05) is 24.2 Å². The molecule has 88 valence electrons. The highest BCUT2D eigenvalue weighted by Crippen LogP contribution is 2.20. The van der Waals surface area contributed by atoms with E-state index < -0.39 is 10.0 Å². The molecule has 0 atom stereocenters. The van der Waals surface area contributed by atoms with Gasteiger partial charge in [0.15, 0.2) is 0 Å². The zero-order chi connectivity index (χ0) is 12.2. The van der Waals surface area contributed by atoms with Crippen molar-refractivity contribution in [2.45, 2.75) is 17.7 Å². The molecule has 0 aromatic carbocycles. The normalized spacial score (nSPS) is 11.6. The van der Waals surface area contributed by atoms with E-state index in [1.54, 1.807) is 0 Å². The second kappa shape index (κ2) is 5.25. The number of sulfonamides is 1. The summed E-state index contributed by atoms with van der Waals surface area (Å²) in [6.07, 6.45) is 5.80. The third-order valence-corrected chi connectivity index (χ3v) is 4.67. The fourth-order valence-electron chi connectivity index (χ4n) is 1.07. The molecule has 1 aromatic rings. The van der Waals surface area contributed by atoms with Crippen LogP contribution in [0, 0.1) is 12.3 Å². The SMILES string of the molecule is C#CCN(CCC)S(=O)(=O)c1nnc(N)s1. The fraction of sp³-hybridized carbons (Fsp3) is 0.500. The van der Waals surface area contributed by atoms with Gasteiger partial charge < -0.3 is 5.73 Å². The Morgan fingerprint density at radius 3 is 2.69 bits per heavy atom. The third kappa shape index (κ3) is 2.69. The van der Waals surface area contributed by atoms with Gasteiger partial charge in [-0.2, -0.15) is 4.31 Å². The molecule has 0 saturated heterocycles. The van der Waals surface area contributed by atoms with Gasteiger partial charge in [0.05, 0.1) is 6.54 Å². The number of terminal acetylenes is 1. The molecular formula is C8H12N4O2S2. The van der Waals surface area contributed by atoms with Crippen molar-refractivity contribution in [2.75, 3.05) is 18.8 Å². The molecule has 1 rings (SSSR count). The van der Waals surface area contributed by atoms with Crippen molar-refractivity contribution >= 4 is 26.5 Å². The first kappa shape index (κ1) is 12.9. The molecule has 0 bridgehead atoms. The van der Waals surface area contributed by atoms with E-state index in [-0.39, 0.29) is 16.0 Å². The van der Waals surface area contributed by atoms with E-state index in [0.717, 1.165) is 11.3 Å². The maximum atomic E-state index is 12.0. The highest BCUT2D eigenvalue weighted by atomic mass is 32.2. The lowest BCUT2D eigenvalue weighted by Crippen LogP contribution is -2.32. The van der Waals surface area contributed by atoms with Gasteiger partial charge in [0, 0.05) is 6.54 Å². The summed E-state index contributed by atoms with van der Waals surface area (Å²) in [5.74, 6) is 2.31. The minimum absolute atomic E-state index is 0.0235. The molecule has 0 saturated carbocycles. The summed E-state index contributed by atoms with van der Waals surface area (Å²) in [5.41, 5.74) is 5.34. The Bertz CT molecular complexity index is 488. The second-order valence-corrected chi connectivity index (χ2v) is 6.07. The van der Waals surface area contributed by atoms with Gasteiger partial charge in [-0.05, 0) is 6.42 Å². The van der Waals surface area contributed by atoms with E-state index in [1.807, 2.05) is 6.92 Å². The first-order valence-electron chi connectivity index (χ1n) is 4.55. The van der Waals surface area contributed by atoms with Gasteiger partial charge in [-0.15, -0.1) is 16.6 Å². The van der Waals surface area contributed by atoms with E-state index in [2.05, 4.69) is 16.1 Å². The highest BCUT2D eigenvalue weighted by Gasteiger charge is 2.27. The largest absolute Gasteiger partial charge is 0.374 e. The predicted molar refractivity (Wildman–Crippen MR) is 62.2 cm³/mol. The van der Waals surface area contributed by atoms with Gasteiger partial charge in [-0.3, -0.25) is 0 Å². The first-order valence-corrected chi connectivity index (χ1v) is 6.80. The molecule has 0 unspecified atom stereocenters. The van der Waals surface area contributed by atoms with Crippen LogP contribution in [-0.4, -0.2) is 36.0 Å². The summed E-state index contributed by atoms with van der Waals surface area (Å²) in [6.45, 7) is 2.25. The zero-order valence-corrected chi connectivity index (χ0v) is 10.4. The Morgan fingerprint density at radius 1 is 1.56 bits per heavy atom. The summed E-state index contributed by atoms with van der Waals surface area (Å²) in [6, 6.07) is 0. The minimum atomic E-state index is -3.65. The second-order valence-electron chi connectivity index (χ2n) is 2.95. The van der Waals surface area contributed by atoms with Crippen LogP contribution in [0.25, 0.3) is 0 Å². The van der Waals surface area contributed by atoms with Crippen LogP contribution in [-0.2, 0) is 10.0 Å². The summed E-state index contributed by atoms with van der Waals surface area (Å²) in [5, 5.41) is 7.11. The summed E-state index contributed by atoms with van der Waals surface area (Å²) in [7, 11) is -3.65. The van der Waals surface area contributed by atoms with Crippen molar-refractivity contribution in [3.63, 3.8) is 0 Å². The van der Waals surface area contributed by atoms with E-state index >= 15 is 0 Å². The van der Waals surface area contributed by atoms with Crippen LogP contribution in [0.5, 0.6) is 0 Å². The number of hydrogen-bond donors (Lipinski definition) is 1. The predicted octanol–water partition coefficient (Wildman–Crippen LogP) is 0.154. The number of anilines is 1. The van der Waals surface area contributed by atoms with Gasteiger partial charge >= 0.3 is 0 Å². The van der Waals surface area contributed by atoms with Crippen molar-refractivity contribution in [3.05, 3.63) is 0 Å². The lowest BCUT2D eigenvalue weighted by Gasteiger charge is -2.16. The lowest BCUT2D eigenvalue weighted by molar-refractivity contribution is 0.444. The van der Waals surface area contributed by atoms with E-state index in [9.17, 15) is 8.42 Å². The number of rotatable bonds is 5. The molecule has 0 radical (unpaired) electrons. The Labute approximate surface area is 98.5 Å². The summed E-state index contributed by atoms with van der Waals surface area (Å²) >= 11 is 0.832. The molecule has 6 nitrogen and oxygen atoms in total. The topological polar surface area (TPSA) is 89.2 Å². The Kier molecular flexibility index (Phi) is 4.23. The van der Waals surface area contributed by atoms with E-state index in [0.29, 0.717) is 13.0 Å². The van der Waals surface area contributed by atoms with Gasteiger partial charge in [-0.25, -0.2) is 8.42 Å². The van der Waals surface area contributed by atoms with Gasteiger partial charge in [0.25, 0.3) is 10.0 Å². The van der Waals surface area contributed by atoms with Crippen LogP contribution in [0.3, 0.4) is 0 Å². The van der Waals surface area contributed by atoms with Gasteiger partial charge in [0.2, 0.25) is 9.47 Å². The molecule has 0 fully saturated rings. The van der Waals surface area contributed by atoms with Crippen molar-refractivity contribution in [1.82, 2.24) is 14.5 Å². The molecule has 0 spiro atoms. The molecule has 8 heteroatoms. The summed E-state index contributed by atoms with van der Waals surface area (Å²) in [4.78, 5) is 0. The maximum Gasteiger partial charge on any atom is 0.273 e. The monoisotopic (exact) mass is 260 g/mol. The highest BCUT2D eigenvalue weighted by molar-refractivity contribution is 7.91. The van der Waals surface area contributed by atoms with E-state index in [1.165, 1.54) is 4.31 Å². The fourth-order valence-corrected chi connectivity index (χ4v) is 3.44. The smallest absolute Gasteiger partial charge is 0.273 e. The quantitative estimate of drug-likeness (QED) is 0.761. The number of nitrogen functional groups attached to an aromatic ring is 1. The number of aromatic nitrogens is 2. The lowest BCUT2D eigenvalue weighted by atomic mass is 10.5. The molecule has 1 heterocycles. The Balaban J connectivity index is 3.03. The molecule has 16 heavy (non-hydrogen) atoms. The van der Waals surface area contributed by atoms with E-state index in [4.69, 9.17) is 12.2 Å². The molecular weight excluding hydrogens is 248 g/mol. The number of hydrogen-bond acceptors (Lipinski definition) is 6. The number of nitrogens with two attached hydrogens (primary N) is 1. The molecule has 0 aliphatic rings. The molecule has 2 N–H and O–H groups in total. The van der Waals surface area contributed by atoms with Crippen LogP contribution in [0.15, 0.2) is 4.34 Å². The number of nitrogens with zero attached hydrogens (tertiary/aromatic N) is 3. The molecule has 0 aliphatic carbocycles. The maximum absolute atomic E-state index is 12.0. The van der Waals surface area contributed by atoms with Gasteiger partial charge in [0.1, 0.15) is 0 Å². The van der Waals surface area contributed by atoms with Crippen LogP contribution in [0.4, 0.5) is 5.13 Å². The van der Waals surface area contributed by atoms with Crippen LogP contribution < -0.4 is 5.73 Å². The average Bonchev–Trinajstić information content (AvgIpc) is 2.65. The first-order chi connectivity index (χ1) is 7.52. The van der Waals surface area contributed by atoms with Crippen molar-refractivity contribution in [2.24, 2.45) is 0 Å². The average molecular weight is 260 g/mol. The van der Waals surface area contributed by atoms with Crippen LogP contribution in [0.1, 0.15) is 13.3 Å². The minimum Gasteiger partial charge on any atom is -0.374 e. The van der Waals surface area contributed by atoms with Crippen LogP contribution >= 0.6 is 11.3 Å². The Morgan fingerprint density at radius 2 is 2.25 bits per heavy atom. The van der Waals surface area contributed by atoms with Crippen molar-refractivity contribution in [1.29, 1.82) is 0 Å². The summed E-state index contributed by atoms with van der Waals surface area (Å²) < 4.78 is 25.1. The molecule has 0 amide bonds. The van der Waals surface area contributed by atoms with Crippen molar-refractivity contribution in [3.8, 4) is 12.3 Å². The standard InChI is InChI=1S/C8H12N4O2S2/c1-3-5-12(6-4-2)16(13,14)8-11-10-7(9)15-8/h1H,4-6H2,2H3,(H2,9,10). The van der Waals surface area contributed by atoms with Crippen molar-refractivity contribution < 1.29 is 8.42 Å². The van der Waals surface area contributed by atoms with Crippen LogP contribution in [0.2, 0.25) is 0 Å². The third-order valence-electron chi connectivity index (χ3n) is 1.72. The Hall–Kier alpha value is -1.17.